The molecule has 3 fully saturated rings. The number of pyridine rings is 1. The van der Waals surface area contributed by atoms with Gasteiger partial charge in [-0.05, 0) is 43.7 Å². The summed E-state index contributed by atoms with van der Waals surface area (Å²) in [5.74, 6) is 0.352. The van der Waals surface area contributed by atoms with E-state index in [0.717, 1.165) is 24.6 Å². The lowest BCUT2D eigenvalue weighted by atomic mass is 9.77. The van der Waals surface area contributed by atoms with E-state index in [1.807, 2.05) is 6.92 Å². The van der Waals surface area contributed by atoms with Crippen LogP contribution in [0.5, 0.6) is 5.88 Å². The summed E-state index contributed by atoms with van der Waals surface area (Å²) in [4.78, 5) is 28.2. The first-order valence-electron chi connectivity index (χ1n) is 10.5. The van der Waals surface area contributed by atoms with E-state index in [4.69, 9.17) is 4.74 Å². The summed E-state index contributed by atoms with van der Waals surface area (Å²) < 4.78 is 44.2. The van der Waals surface area contributed by atoms with Crippen LogP contribution in [0.4, 0.5) is 13.2 Å². The van der Waals surface area contributed by atoms with Crippen LogP contribution in [0.25, 0.3) is 5.82 Å². The van der Waals surface area contributed by atoms with Crippen molar-refractivity contribution in [1.29, 1.82) is 0 Å². The normalized spacial score (nSPS) is 22.4. The Kier molecular flexibility index (Phi) is 5.22. The largest absolute Gasteiger partial charge is 0.471 e. The van der Waals surface area contributed by atoms with E-state index in [9.17, 15) is 18.0 Å². The highest BCUT2D eigenvalue weighted by Gasteiger charge is 2.45. The molecular weight excluding hydrogens is 439 g/mol. The number of halogens is 3. The molecule has 172 valence electrons. The minimum absolute atomic E-state index is 0.00611. The van der Waals surface area contributed by atoms with Crippen molar-refractivity contribution >= 4 is 5.91 Å². The van der Waals surface area contributed by atoms with Crippen molar-refractivity contribution in [2.45, 2.75) is 44.5 Å². The Bertz CT molecular complexity index is 1150. The van der Waals surface area contributed by atoms with Crippen LogP contribution in [0.3, 0.4) is 0 Å². The van der Waals surface area contributed by atoms with Crippen molar-refractivity contribution in [2.75, 3.05) is 6.54 Å². The maximum atomic E-state index is 13.6. The number of carbonyl (C=O) groups excluding carboxylic acids is 1. The molecular formula is C21H20F3N7O2. The number of piperidine rings is 2. The second kappa shape index (κ2) is 8.09. The Morgan fingerprint density at radius 3 is 2.55 bits per heavy atom. The molecule has 0 N–H and O–H groups in total. The summed E-state index contributed by atoms with van der Waals surface area (Å²) >= 11 is 0. The SMILES string of the molecule is Cc1cnc(-n2nccn2)c(C(=O)N2C[C@H]3CC[C@H]2[C@H](Oc2cnc(C(F)(F)F)cn2)C3)c1. The van der Waals surface area contributed by atoms with Crippen LogP contribution >= 0.6 is 0 Å². The molecule has 2 saturated heterocycles. The Balaban J connectivity index is 1.39. The van der Waals surface area contributed by atoms with Crippen molar-refractivity contribution in [3.8, 4) is 11.7 Å². The number of aromatic nitrogens is 6. The van der Waals surface area contributed by atoms with Gasteiger partial charge in [-0.15, -0.1) is 4.80 Å². The molecule has 0 unspecified atom stereocenters. The monoisotopic (exact) mass is 459 g/mol. The first-order chi connectivity index (χ1) is 15.8. The molecule has 3 atom stereocenters. The van der Waals surface area contributed by atoms with E-state index in [0.29, 0.717) is 30.5 Å². The van der Waals surface area contributed by atoms with E-state index in [-0.39, 0.29) is 23.7 Å². The Hall–Kier alpha value is -3.57. The zero-order chi connectivity index (χ0) is 23.2. The number of hydrogen-bond donors (Lipinski definition) is 0. The third-order valence-corrected chi connectivity index (χ3v) is 6.01. The van der Waals surface area contributed by atoms with Gasteiger partial charge in [0.1, 0.15) is 6.10 Å². The lowest BCUT2D eigenvalue weighted by Crippen LogP contribution is -2.59. The molecule has 9 nitrogen and oxygen atoms in total. The van der Waals surface area contributed by atoms with Gasteiger partial charge in [-0.3, -0.25) is 4.79 Å². The molecule has 33 heavy (non-hydrogen) atoms. The average molecular weight is 459 g/mol. The zero-order valence-corrected chi connectivity index (χ0v) is 17.6. The maximum absolute atomic E-state index is 13.6. The molecule has 12 heteroatoms. The fourth-order valence-electron chi connectivity index (χ4n) is 4.53. The summed E-state index contributed by atoms with van der Waals surface area (Å²) in [6.07, 6.45) is 3.70. The van der Waals surface area contributed by atoms with Crippen LogP contribution in [0.2, 0.25) is 0 Å². The van der Waals surface area contributed by atoms with Gasteiger partial charge in [-0.2, -0.15) is 23.4 Å². The minimum Gasteiger partial charge on any atom is -0.471 e. The summed E-state index contributed by atoms with van der Waals surface area (Å²) in [6.45, 7) is 2.42. The fraction of sp³-hybridized carbons (Fsp3) is 0.429. The number of carbonyl (C=O) groups is 1. The van der Waals surface area contributed by atoms with Crippen molar-refractivity contribution in [3.05, 3.63) is 53.9 Å². The molecule has 6 rings (SSSR count). The summed E-state index contributed by atoms with van der Waals surface area (Å²) in [7, 11) is 0. The molecule has 1 saturated carbocycles. The lowest BCUT2D eigenvalue weighted by Gasteiger charge is -2.49. The van der Waals surface area contributed by atoms with Gasteiger partial charge < -0.3 is 9.64 Å². The van der Waals surface area contributed by atoms with Crippen LogP contribution in [0.15, 0.2) is 37.1 Å². The molecule has 0 spiro atoms. The Morgan fingerprint density at radius 1 is 1.09 bits per heavy atom. The molecule has 3 aromatic heterocycles. The molecule has 3 aromatic rings. The highest BCUT2D eigenvalue weighted by atomic mass is 19.4. The highest BCUT2D eigenvalue weighted by Crippen LogP contribution is 2.38. The maximum Gasteiger partial charge on any atom is 0.434 e. The molecule has 2 aliphatic heterocycles. The number of rotatable bonds is 4. The molecule has 1 amide bonds. The van der Waals surface area contributed by atoms with Crippen LogP contribution < -0.4 is 4.74 Å². The topological polar surface area (TPSA) is 98.9 Å². The number of fused-ring (bicyclic) bond motifs is 3. The molecule has 0 radical (unpaired) electrons. The fourth-order valence-corrected chi connectivity index (χ4v) is 4.53. The van der Waals surface area contributed by atoms with Crippen LogP contribution in [-0.2, 0) is 6.18 Å². The summed E-state index contributed by atoms with van der Waals surface area (Å²) in [5, 5.41) is 8.20. The van der Waals surface area contributed by atoms with Crippen molar-refractivity contribution in [1.82, 2.24) is 34.8 Å². The number of ether oxygens (including phenoxy) is 1. The molecule has 2 bridgehead atoms. The van der Waals surface area contributed by atoms with E-state index >= 15 is 0 Å². The Morgan fingerprint density at radius 2 is 1.88 bits per heavy atom. The van der Waals surface area contributed by atoms with E-state index in [1.54, 1.807) is 17.2 Å². The summed E-state index contributed by atoms with van der Waals surface area (Å²) in [6, 6.07) is 1.51. The third-order valence-electron chi connectivity index (χ3n) is 6.01. The Labute approximate surface area is 186 Å². The van der Waals surface area contributed by atoms with Gasteiger partial charge in [-0.1, -0.05) is 0 Å². The van der Waals surface area contributed by atoms with Crippen molar-refractivity contribution in [3.63, 3.8) is 0 Å². The van der Waals surface area contributed by atoms with Gasteiger partial charge in [-0.25, -0.2) is 15.0 Å². The average Bonchev–Trinajstić information content (AvgIpc) is 3.33. The first kappa shape index (κ1) is 21.3. The molecule has 5 heterocycles. The smallest absolute Gasteiger partial charge is 0.434 e. The quantitative estimate of drug-likeness (QED) is 0.592. The van der Waals surface area contributed by atoms with Crippen LogP contribution in [0, 0.1) is 12.8 Å². The first-order valence-corrected chi connectivity index (χ1v) is 10.5. The number of alkyl halides is 3. The van der Waals surface area contributed by atoms with Gasteiger partial charge >= 0.3 is 6.18 Å². The standard InChI is InChI=1S/C21H20F3N7O2/c1-12-6-14(19(27-8-12)31-28-4-5-29-31)20(32)30-11-13-2-3-15(30)16(7-13)33-18-10-25-17(9-26-18)21(22,23)24/h4-6,8-10,13,15-16H,2-3,7,11H2,1H3/t13-,15-,16+/m0/s1. The zero-order valence-electron chi connectivity index (χ0n) is 17.6. The minimum atomic E-state index is -4.57. The second-order valence-corrected chi connectivity index (χ2v) is 8.30. The summed E-state index contributed by atoms with van der Waals surface area (Å²) in [5.41, 5.74) is 0.125. The van der Waals surface area contributed by atoms with Crippen LogP contribution in [-0.4, -0.2) is 59.4 Å². The van der Waals surface area contributed by atoms with Crippen LogP contribution in [0.1, 0.15) is 40.9 Å². The molecule has 0 aromatic carbocycles. The molecule has 3 aliphatic rings. The number of amides is 1. The van der Waals surface area contributed by atoms with E-state index in [1.165, 1.54) is 17.2 Å². The van der Waals surface area contributed by atoms with Crippen molar-refractivity contribution < 1.29 is 22.7 Å². The predicted molar refractivity (Wildman–Crippen MR) is 108 cm³/mol. The number of nitrogens with zero attached hydrogens (tertiary/aromatic N) is 7. The van der Waals surface area contributed by atoms with Crippen molar-refractivity contribution in [2.24, 2.45) is 5.92 Å². The van der Waals surface area contributed by atoms with Gasteiger partial charge in [0, 0.05) is 12.7 Å². The third kappa shape index (κ3) is 4.12. The van der Waals surface area contributed by atoms with E-state index in [2.05, 4.69) is 25.1 Å². The second-order valence-electron chi connectivity index (χ2n) is 8.30. The van der Waals surface area contributed by atoms with E-state index < -0.39 is 18.0 Å². The van der Waals surface area contributed by atoms with Gasteiger partial charge in [0.2, 0.25) is 5.88 Å². The van der Waals surface area contributed by atoms with Gasteiger partial charge in [0.05, 0.1) is 36.4 Å². The van der Waals surface area contributed by atoms with Gasteiger partial charge in [0.15, 0.2) is 11.5 Å². The molecule has 1 aliphatic carbocycles. The number of hydrogen-bond acceptors (Lipinski definition) is 7. The number of aryl methyl sites for hydroxylation is 1. The lowest BCUT2D eigenvalue weighted by molar-refractivity contribution is -0.141. The van der Waals surface area contributed by atoms with Gasteiger partial charge in [0.25, 0.3) is 5.91 Å². The predicted octanol–water partition coefficient (Wildman–Crippen LogP) is 2.85. The highest BCUT2D eigenvalue weighted by molar-refractivity contribution is 5.97.